The van der Waals surface area contributed by atoms with Gasteiger partial charge < -0.3 is 14.6 Å². The fourth-order valence-electron chi connectivity index (χ4n) is 2.92. The summed E-state index contributed by atoms with van der Waals surface area (Å²) in [6.45, 7) is 5.75. The maximum atomic E-state index is 12.5. The minimum atomic E-state index is -0.197. The van der Waals surface area contributed by atoms with E-state index in [0.717, 1.165) is 27.7 Å². The van der Waals surface area contributed by atoms with Gasteiger partial charge in [0.25, 0.3) is 5.56 Å². The third-order valence-electron chi connectivity index (χ3n) is 4.64. The van der Waals surface area contributed by atoms with Gasteiger partial charge in [0.2, 0.25) is 5.91 Å². The fourth-order valence-corrected chi connectivity index (χ4v) is 2.92. The molecule has 134 valence electrons. The molecule has 0 spiro atoms. The van der Waals surface area contributed by atoms with E-state index in [0.29, 0.717) is 11.3 Å². The van der Waals surface area contributed by atoms with Crippen molar-refractivity contribution in [1.82, 2.24) is 4.98 Å². The normalized spacial score (nSPS) is 10.8. The Hall–Kier alpha value is -3.08. The van der Waals surface area contributed by atoms with E-state index in [-0.39, 0.29) is 18.0 Å². The van der Waals surface area contributed by atoms with Crippen LogP contribution in [0.2, 0.25) is 0 Å². The topological polar surface area (TPSA) is 62.4 Å². The Labute approximate surface area is 152 Å². The zero-order valence-corrected chi connectivity index (χ0v) is 15.4. The van der Waals surface area contributed by atoms with Crippen molar-refractivity contribution in [3.8, 4) is 5.75 Å². The highest BCUT2D eigenvalue weighted by Crippen LogP contribution is 2.23. The second kappa shape index (κ2) is 7.04. The molecule has 0 fully saturated rings. The van der Waals surface area contributed by atoms with Crippen LogP contribution in [0, 0.1) is 13.8 Å². The Morgan fingerprint density at radius 2 is 1.85 bits per heavy atom. The van der Waals surface area contributed by atoms with Crippen molar-refractivity contribution in [2.45, 2.75) is 27.3 Å². The number of methoxy groups -OCH3 is 1. The number of anilines is 1. The molecule has 3 rings (SSSR count). The van der Waals surface area contributed by atoms with Crippen molar-refractivity contribution in [3.63, 3.8) is 0 Å². The first kappa shape index (κ1) is 17.7. The maximum absolute atomic E-state index is 12.5. The Kier molecular flexibility index (Phi) is 4.80. The van der Waals surface area contributed by atoms with E-state index in [9.17, 15) is 9.59 Å². The number of pyridine rings is 1. The van der Waals surface area contributed by atoms with Crippen LogP contribution in [0.3, 0.4) is 0 Å². The minimum absolute atomic E-state index is 0.113. The first-order chi connectivity index (χ1) is 12.4. The summed E-state index contributed by atoms with van der Waals surface area (Å²) in [6.07, 6.45) is 0. The van der Waals surface area contributed by atoms with Gasteiger partial charge in [-0.25, -0.2) is 0 Å². The molecule has 2 aromatic carbocycles. The zero-order valence-electron chi connectivity index (χ0n) is 15.4. The van der Waals surface area contributed by atoms with Crippen molar-refractivity contribution in [2.75, 3.05) is 12.0 Å². The molecule has 1 amide bonds. The molecular weight excluding hydrogens is 328 g/mol. The second-order valence-corrected chi connectivity index (χ2v) is 6.45. The van der Waals surface area contributed by atoms with Crippen LogP contribution >= 0.6 is 0 Å². The maximum Gasteiger partial charge on any atom is 0.253 e. The lowest BCUT2D eigenvalue weighted by atomic mass is 10.1. The number of fused-ring (bicyclic) bond motifs is 1. The summed E-state index contributed by atoms with van der Waals surface area (Å²) in [5.74, 6) is 0.603. The number of H-pyrrole nitrogens is 1. The van der Waals surface area contributed by atoms with Crippen molar-refractivity contribution in [3.05, 3.63) is 69.5 Å². The van der Waals surface area contributed by atoms with Crippen LogP contribution < -0.4 is 15.2 Å². The van der Waals surface area contributed by atoms with E-state index in [1.807, 2.05) is 50.2 Å². The zero-order chi connectivity index (χ0) is 18.8. The molecule has 0 unspecified atom stereocenters. The number of hydrogen-bond acceptors (Lipinski definition) is 3. The first-order valence-corrected chi connectivity index (χ1v) is 8.44. The Morgan fingerprint density at radius 1 is 1.08 bits per heavy atom. The number of amides is 1. The van der Waals surface area contributed by atoms with Crippen LogP contribution in [0.25, 0.3) is 10.9 Å². The molecule has 3 aromatic rings. The molecule has 0 atom stereocenters. The molecule has 0 aliphatic rings. The van der Waals surface area contributed by atoms with E-state index in [1.165, 1.54) is 6.92 Å². The Bertz CT molecular complexity index is 1040. The van der Waals surface area contributed by atoms with E-state index in [1.54, 1.807) is 18.1 Å². The van der Waals surface area contributed by atoms with Gasteiger partial charge in [-0.3, -0.25) is 9.59 Å². The van der Waals surface area contributed by atoms with Crippen LogP contribution in [0.1, 0.15) is 23.6 Å². The molecule has 1 aromatic heterocycles. The largest absolute Gasteiger partial charge is 0.497 e. The molecule has 26 heavy (non-hydrogen) atoms. The summed E-state index contributed by atoms with van der Waals surface area (Å²) < 4.78 is 5.25. The number of aromatic amines is 1. The van der Waals surface area contributed by atoms with Crippen molar-refractivity contribution < 1.29 is 9.53 Å². The number of rotatable bonds is 4. The van der Waals surface area contributed by atoms with E-state index >= 15 is 0 Å². The number of aromatic nitrogens is 1. The molecule has 0 radical (unpaired) electrons. The number of nitrogens with zero attached hydrogens (tertiary/aromatic N) is 1. The minimum Gasteiger partial charge on any atom is -0.497 e. The molecule has 1 N–H and O–H groups in total. The highest BCUT2D eigenvalue weighted by Gasteiger charge is 2.15. The molecular formula is C21H22N2O3. The molecule has 0 bridgehead atoms. The lowest BCUT2D eigenvalue weighted by molar-refractivity contribution is -0.116. The summed E-state index contributed by atoms with van der Waals surface area (Å²) in [5, 5.41) is 0.863. The number of nitrogens with one attached hydrogen (secondary N) is 1. The summed E-state index contributed by atoms with van der Waals surface area (Å²) in [6, 6.07) is 13.1. The van der Waals surface area contributed by atoms with Gasteiger partial charge >= 0.3 is 0 Å². The standard InChI is InChI=1S/C21H22N2O3/c1-13-5-6-18(9-14(13)2)23(15(3)24)12-17-10-16-11-19(26-4)7-8-20(16)22-21(17)25/h5-11H,12H2,1-4H3,(H,22,25). The van der Waals surface area contributed by atoms with Gasteiger partial charge in [0, 0.05) is 29.1 Å². The van der Waals surface area contributed by atoms with Gasteiger partial charge in [0.15, 0.2) is 0 Å². The quantitative estimate of drug-likeness (QED) is 0.780. The number of benzene rings is 2. The van der Waals surface area contributed by atoms with Crippen molar-refractivity contribution in [2.24, 2.45) is 0 Å². The highest BCUT2D eigenvalue weighted by atomic mass is 16.5. The molecule has 0 saturated carbocycles. The van der Waals surface area contributed by atoms with Crippen LogP contribution in [0.5, 0.6) is 5.75 Å². The molecule has 5 heteroatoms. The first-order valence-electron chi connectivity index (χ1n) is 8.44. The average Bonchev–Trinajstić information content (AvgIpc) is 2.61. The van der Waals surface area contributed by atoms with Crippen LogP contribution in [-0.4, -0.2) is 18.0 Å². The van der Waals surface area contributed by atoms with Gasteiger partial charge in [-0.1, -0.05) is 6.07 Å². The lowest BCUT2D eigenvalue weighted by Gasteiger charge is -2.22. The van der Waals surface area contributed by atoms with Gasteiger partial charge in [0.05, 0.1) is 13.7 Å². The van der Waals surface area contributed by atoms with Crippen LogP contribution in [0.15, 0.2) is 47.3 Å². The van der Waals surface area contributed by atoms with Gasteiger partial charge in [-0.15, -0.1) is 0 Å². The summed E-state index contributed by atoms with van der Waals surface area (Å²) in [4.78, 5) is 29.2. The van der Waals surface area contributed by atoms with Crippen LogP contribution in [-0.2, 0) is 11.3 Å². The number of ether oxygens (including phenoxy) is 1. The third kappa shape index (κ3) is 3.47. The van der Waals surface area contributed by atoms with E-state index < -0.39 is 0 Å². The molecule has 0 saturated heterocycles. The predicted molar refractivity (Wildman–Crippen MR) is 104 cm³/mol. The molecule has 0 aliphatic heterocycles. The summed E-state index contributed by atoms with van der Waals surface area (Å²) >= 11 is 0. The van der Waals surface area contributed by atoms with Gasteiger partial charge in [0.1, 0.15) is 5.75 Å². The Morgan fingerprint density at radius 3 is 2.50 bits per heavy atom. The van der Waals surface area contributed by atoms with Crippen molar-refractivity contribution >= 4 is 22.5 Å². The Balaban J connectivity index is 2.03. The lowest BCUT2D eigenvalue weighted by Crippen LogP contribution is -2.30. The van der Waals surface area contributed by atoms with E-state index in [4.69, 9.17) is 4.74 Å². The average molecular weight is 350 g/mol. The van der Waals surface area contributed by atoms with Gasteiger partial charge in [-0.05, 0) is 61.4 Å². The number of carbonyl (C=O) groups is 1. The summed E-state index contributed by atoms with van der Waals surface area (Å²) in [5.41, 5.74) is 4.11. The molecule has 1 heterocycles. The monoisotopic (exact) mass is 350 g/mol. The number of hydrogen-bond donors (Lipinski definition) is 1. The van der Waals surface area contributed by atoms with E-state index in [2.05, 4.69) is 4.98 Å². The third-order valence-corrected chi connectivity index (χ3v) is 4.64. The molecule has 0 aliphatic carbocycles. The van der Waals surface area contributed by atoms with Gasteiger partial charge in [-0.2, -0.15) is 0 Å². The predicted octanol–water partition coefficient (Wildman–Crippen LogP) is 3.71. The second-order valence-electron chi connectivity index (χ2n) is 6.45. The highest BCUT2D eigenvalue weighted by molar-refractivity contribution is 5.91. The fraction of sp³-hybridized carbons (Fsp3) is 0.238. The van der Waals surface area contributed by atoms with Crippen molar-refractivity contribution in [1.29, 1.82) is 0 Å². The summed E-state index contributed by atoms with van der Waals surface area (Å²) in [7, 11) is 1.60. The smallest absolute Gasteiger partial charge is 0.253 e. The molecule has 5 nitrogen and oxygen atoms in total. The SMILES string of the molecule is COc1ccc2[nH]c(=O)c(CN(C(C)=O)c3ccc(C)c(C)c3)cc2c1. The number of carbonyl (C=O) groups excluding carboxylic acids is 1. The van der Waals surface area contributed by atoms with Crippen LogP contribution in [0.4, 0.5) is 5.69 Å². The number of aryl methyl sites for hydroxylation is 2.